The third kappa shape index (κ3) is 5.61. The molecule has 0 aliphatic rings. The van der Waals surface area contributed by atoms with Crippen LogP contribution >= 0.6 is 0 Å². The molecule has 0 saturated carbocycles. The number of anilines is 1. The predicted molar refractivity (Wildman–Crippen MR) is 83.2 cm³/mol. The van der Waals surface area contributed by atoms with E-state index in [1.807, 2.05) is 31.2 Å². The van der Waals surface area contributed by atoms with Gasteiger partial charge >= 0.3 is 0 Å². The Bertz CT molecular complexity index is 413. The van der Waals surface area contributed by atoms with Crippen LogP contribution in [0.5, 0.6) is 0 Å². The minimum Gasteiger partial charge on any atom is -0.385 e. The Morgan fingerprint density at radius 1 is 1.25 bits per heavy atom. The Balaban J connectivity index is 2.49. The van der Waals surface area contributed by atoms with Crippen molar-refractivity contribution in [1.82, 2.24) is 5.32 Å². The van der Waals surface area contributed by atoms with Gasteiger partial charge in [0, 0.05) is 38.1 Å². The van der Waals surface area contributed by atoms with Gasteiger partial charge in [0.1, 0.15) is 0 Å². The van der Waals surface area contributed by atoms with Gasteiger partial charge in [0.05, 0.1) is 0 Å². The quantitative estimate of drug-likeness (QED) is 0.768. The number of hydrogen-bond acceptors (Lipinski definition) is 3. The first-order chi connectivity index (χ1) is 9.48. The molecule has 0 fully saturated rings. The largest absolute Gasteiger partial charge is 0.385 e. The average molecular weight is 278 g/mol. The number of methoxy groups -OCH3 is 1. The van der Waals surface area contributed by atoms with Crippen molar-refractivity contribution in [3.8, 4) is 0 Å². The van der Waals surface area contributed by atoms with Crippen LogP contribution in [0.3, 0.4) is 0 Å². The Kier molecular flexibility index (Phi) is 6.52. The highest BCUT2D eigenvalue weighted by atomic mass is 16.5. The zero-order valence-corrected chi connectivity index (χ0v) is 13.0. The predicted octanol–water partition coefficient (Wildman–Crippen LogP) is 2.91. The molecule has 0 radical (unpaired) electrons. The molecule has 0 spiro atoms. The van der Waals surface area contributed by atoms with Crippen molar-refractivity contribution in [2.24, 2.45) is 5.41 Å². The summed E-state index contributed by atoms with van der Waals surface area (Å²) in [5.41, 5.74) is 1.76. The third-order valence-electron chi connectivity index (χ3n) is 3.24. The van der Waals surface area contributed by atoms with E-state index in [4.69, 9.17) is 4.74 Å². The minimum absolute atomic E-state index is 0.0291. The first-order valence-electron chi connectivity index (χ1n) is 7.09. The Labute approximate surface area is 121 Å². The minimum atomic E-state index is -0.0291. The fourth-order valence-corrected chi connectivity index (χ4v) is 1.83. The van der Waals surface area contributed by atoms with E-state index in [1.54, 1.807) is 7.11 Å². The van der Waals surface area contributed by atoms with Gasteiger partial charge in [0.2, 0.25) is 0 Å². The molecule has 1 aromatic rings. The SMILES string of the molecule is CCNc1ccc(C(=O)NCC(C)(C)CCOC)cc1. The van der Waals surface area contributed by atoms with E-state index >= 15 is 0 Å². The lowest BCUT2D eigenvalue weighted by Gasteiger charge is -2.24. The van der Waals surface area contributed by atoms with Crippen molar-refractivity contribution < 1.29 is 9.53 Å². The normalized spacial score (nSPS) is 11.2. The lowest BCUT2D eigenvalue weighted by Crippen LogP contribution is -2.34. The lowest BCUT2D eigenvalue weighted by atomic mass is 9.89. The third-order valence-corrected chi connectivity index (χ3v) is 3.24. The zero-order valence-electron chi connectivity index (χ0n) is 13.0. The van der Waals surface area contributed by atoms with Crippen LogP contribution in [0.2, 0.25) is 0 Å². The summed E-state index contributed by atoms with van der Waals surface area (Å²) in [7, 11) is 1.69. The van der Waals surface area contributed by atoms with Crippen LogP contribution in [0, 0.1) is 5.41 Å². The van der Waals surface area contributed by atoms with Crippen LogP contribution in [0.4, 0.5) is 5.69 Å². The van der Waals surface area contributed by atoms with Crippen LogP contribution in [0.25, 0.3) is 0 Å². The number of amides is 1. The molecule has 0 saturated heterocycles. The summed E-state index contributed by atoms with van der Waals surface area (Å²) in [6, 6.07) is 7.54. The molecule has 1 aromatic carbocycles. The summed E-state index contributed by atoms with van der Waals surface area (Å²) < 4.78 is 5.09. The number of carbonyl (C=O) groups excluding carboxylic acids is 1. The van der Waals surface area contributed by atoms with Crippen LogP contribution in [0.15, 0.2) is 24.3 Å². The second kappa shape index (κ2) is 7.90. The summed E-state index contributed by atoms with van der Waals surface area (Å²) in [4.78, 5) is 12.1. The van der Waals surface area contributed by atoms with E-state index in [0.717, 1.165) is 18.7 Å². The van der Waals surface area contributed by atoms with Crippen molar-refractivity contribution in [2.75, 3.05) is 32.1 Å². The molecule has 2 N–H and O–H groups in total. The summed E-state index contributed by atoms with van der Waals surface area (Å²) in [6.45, 7) is 8.52. The maximum Gasteiger partial charge on any atom is 0.251 e. The van der Waals surface area contributed by atoms with Gasteiger partial charge in [-0.1, -0.05) is 13.8 Å². The van der Waals surface area contributed by atoms with Gasteiger partial charge in [-0.15, -0.1) is 0 Å². The lowest BCUT2D eigenvalue weighted by molar-refractivity contribution is 0.0921. The molecule has 20 heavy (non-hydrogen) atoms. The highest BCUT2D eigenvalue weighted by molar-refractivity contribution is 5.94. The maximum absolute atomic E-state index is 12.1. The van der Waals surface area contributed by atoms with Crippen LogP contribution in [-0.4, -0.2) is 32.7 Å². The molecule has 1 amide bonds. The molecule has 0 aromatic heterocycles. The molecule has 0 aliphatic heterocycles. The first kappa shape index (κ1) is 16.5. The zero-order chi connectivity index (χ0) is 15.0. The monoisotopic (exact) mass is 278 g/mol. The fraction of sp³-hybridized carbons (Fsp3) is 0.562. The summed E-state index contributed by atoms with van der Waals surface area (Å²) in [6.07, 6.45) is 0.920. The first-order valence-corrected chi connectivity index (χ1v) is 7.09. The number of benzene rings is 1. The summed E-state index contributed by atoms with van der Waals surface area (Å²) in [5.74, 6) is -0.0291. The van der Waals surface area contributed by atoms with E-state index in [9.17, 15) is 4.79 Å². The van der Waals surface area contributed by atoms with Gasteiger partial charge in [-0.25, -0.2) is 0 Å². The average Bonchev–Trinajstić information content (AvgIpc) is 2.44. The van der Waals surface area contributed by atoms with Gasteiger partial charge in [0.25, 0.3) is 5.91 Å². The topological polar surface area (TPSA) is 50.4 Å². The molecule has 0 unspecified atom stereocenters. The second-order valence-corrected chi connectivity index (χ2v) is 5.70. The van der Waals surface area contributed by atoms with Gasteiger partial charge in [0.15, 0.2) is 0 Å². The molecule has 0 bridgehead atoms. The molecular formula is C16H26N2O2. The summed E-state index contributed by atoms with van der Waals surface area (Å²) in [5, 5.41) is 6.19. The van der Waals surface area contributed by atoms with Crippen LogP contribution < -0.4 is 10.6 Å². The van der Waals surface area contributed by atoms with Gasteiger partial charge < -0.3 is 15.4 Å². The van der Waals surface area contributed by atoms with Gasteiger partial charge in [-0.2, -0.15) is 0 Å². The van der Waals surface area contributed by atoms with E-state index in [0.29, 0.717) is 18.7 Å². The van der Waals surface area contributed by atoms with E-state index in [2.05, 4.69) is 24.5 Å². The van der Waals surface area contributed by atoms with Gasteiger partial charge in [-0.05, 0) is 43.0 Å². The van der Waals surface area contributed by atoms with Crippen molar-refractivity contribution in [3.63, 3.8) is 0 Å². The van der Waals surface area contributed by atoms with E-state index < -0.39 is 0 Å². The second-order valence-electron chi connectivity index (χ2n) is 5.70. The number of ether oxygens (including phenoxy) is 1. The van der Waals surface area contributed by atoms with Crippen molar-refractivity contribution in [2.45, 2.75) is 27.2 Å². The van der Waals surface area contributed by atoms with Gasteiger partial charge in [-0.3, -0.25) is 4.79 Å². The maximum atomic E-state index is 12.1. The molecule has 4 heteroatoms. The van der Waals surface area contributed by atoms with Crippen LogP contribution in [-0.2, 0) is 4.74 Å². The molecule has 0 aliphatic carbocycles. The Hall–Kier alpha value is -1.55. The Morgan fingerprint density at radius 3 is 2.45 bits per heavy atom. The number of carbonyl (C=O) groups is 1. The molecule has 0 atom stereocenters. The van der Waals surface area contributed by atoms with E-state index in [1.165, 1.54) is 0 Å². The molecule has 1 rings (SSSR count). The molecular weight excluding hydrogens is 252 g/mol. The summed E-state index contributed by atoms with van der Waals surface area (Å²) >= 11 is 0. The van der Waals surface area contributed by atoms with E-state index in [-0.39, 0.29) is 11.3 Å². The highest BCUT2D eigenvalue weighted by Gasteiger charge is 2.18. The van der Waals surface area contributed by atoms with Crippen molar-refractivity contribution in [3.05, 3.63) is 29.8 Å². The Morgan fingerprint density at radius 2 is 1.90 bits per heavy atom. The molecule has 0 heterocycles. The smallest absolute Gasteiger partial charge is 0.251 e. The number of hydrogen-bond donors (Lipinski definition) is 2. The van der Waals surface area contributed by atoms with Crippen molar-refractivity contribution in [1.29, 1.82) is 0 Å². The number of nitrogens with one attached hydrogen (secondary N) is 2. The fourth-order valence-electron chi connectivity index (χ4n) is 1.83. The number of rotatable bonds is 8. The standard InChI is InChI=1S/C16H26N2O2/c1-5-17-14-8-6-13(7-9-14)15(19)18-12-16(2,3)10-11-20-4/h6-9,17H,5,10-12H2,1-4H3,(H,18,19). The highest BCUT2D eigenvalue weighted by Crippen LogP contribution is 2.19. The van der Waals surface area contributed by atoms with Crippen molar-refractivity contribution >= 4 is 11.6 Å². The molecule has 112 valence electrons. The molecule has 4 nitrogen and oxygen atoms in total. The van der Waals surface area contributed by atoms with Crippen LogP contribution in [0.1, 0.15) is 37.6 Å².